The van der Waals surface area contributed by atoms with E-state index in [0.717, 1.165) is 22.3 Å². The average Bonchev–Trinajstić information content (AvgIpc) is 3.08. The van der Waals surface area contributed by atoms with Gasteiger partial charge in [0.1, 0.15) is 17.8 Å². The van der Waals surface area contributed by atoms with Crippen molar-refractivity contribution in [2.75, 3.05) is 12.4 Å². The number of fused-ring (bicyclic) bond motifs is 1. The SMILES string of the molecule is COc1ccc(Nc2ncnc3[nH]c(-c4ccccc4)cc23)cc1O. The van der Waals surface area contributed by atoms with Gasteiger partial charge in [-0.3, -0.25) is 0 Å². The molecule has 0 radical (unpaired) electrons. The molecule has 0 fully saturated rings. The maximum atomic E-state index is 9.93. The van der Waals surface area contributed by atoms with E-state index >= 15 is 0 Å². The first-order valence-corrected chi connectivity index (χ1v) is 7.78. The van der Waals surface area contributed by atoms with Crippen molar-refractivity contribution in [1.29, 1.82) is 0 Å². The summed E-state index contributed by atoms with van der Waals surface area (Å²) >= 11 is 0. The number of phenols is 1. The number of aromatic nitrogens is 3. The summed E-state index contributed by atoms with van der Waals surface area (Å²) in [6.45, 7) is 0. The number of anilines is 2. The molecule has 2 aromatic carbocycles. The second-order valence-electron chi connectivity index (χ2n) is 5.55. The van der Waals surface area contributed by atoms with Crippen LogP contribution in [0.5, 0.6) is 11.5 Å². The van der Waals surface area contributed by atoms with Crippen LogP contribution in [0.1, 0.15) is 0 Å². The van der Waals surface area contributed by atoms with Crippen molar-refractivity contribution in [2.45, 2.75) is 0 Å². The zero-order valence-corrected chi connectivity index (χ0v) is 13.5. The molecule has 0 spiro atoms. The van der Waals surface area contributed by atoms with Gasteiger partial charge < -0.3 is 20.1 Å². The van der Waals surface area contributed by atoms with Crippen molar-refractivity contribution in [3.63, 3.8) is 0 Å². The highest BCUT2D eigenvalue weighted by molar-refractivity contribution is 5.93. The molecule has 0 aliphatic carbocycles. The molecular weight excluding hydrogens is 316 g/mol. The highest BCUT2D eigenvalue weighted by atomic mass is 16.5. The van der Waals surface area contributed by atoms with Crippen LogP contribution in [0.4, 0.5) is 11.5 Å². The molecule has 6 heteroatoms. The number of ether oxygens (including phenoxy) is 1. The number of rotatable bonds is 4. The molecule has 2 aromatic heterocycles. The third kappa shape index (κ3) is 2.85. The minimum atomic E-state index is 0.0665. The minimum absolute atomic E-state index is 0.0665. The fraction of sp³-hybridized carbons (Fsp3) is 0.0526. The number of nitrogens with one attached hydrogen (secondary N) is 2. The van der Waals surface area contributed by atoms with Crippen LogP contribution in [0.3, 0.4) is 0 Å². The first kappa shape index (κ1) is 15.0. The van der Waals surface area contributed by atoms with Crippen LogP contribution in [0.2, 0.25) is 0 Å². The second-order valence-corrected chi connectivity index (χ2v) is 5.55. The lowest BCUT2D eigenvalue weighted by atomic mass is 10.1. The molecule has 0 aliphatic rings. The van der Waals surface area contributed by atoms with E-state index in [1.807, 2.05) is 42.5 Å². The van der Waals surface area contributed by atoms with E-state index in [1.165, 1.54) is 13.4 Å². The van der Waals surface area contributed by atoms with E-state index < -0.39 is 0 Å². The van der Waals surface area contributed by atoms with Crippen LogP contribution < -0.4 is 10.1 Å². The molecule has 4 aromatic rings. The van der Waals surface area contributed by atoms with E-state index in [4.69, 9.17) is 4.74 Å². The zero-order valence-electron chi connectivity index (χ0n) is 13.5. The summed E-state index contributed by atoms with van der Waals surface area (Å²) in [5.41, 5.74) is 3.50. The summed E-state index contributed by atoms with van der Waals surface area (Å²) in [4.78, 5) is 11.9. The van der Waals surface area contributed by atoms with E-state index in [0.29, 0.717) is 17.3 Å². The van der Waals surface area contributed by atoms with Gasteiger partial charge in [0, 0.05) is 17.4 Å². The summed E-state index contributed by atoms with van der Waals surface area (Å²) in [6.07, 6.45) is 1.50. The predicted molar refractivity (Wildman–Crippen MR) is 97.3 cm³/mol. The Morgan fingerprint density at radius 2 is 1.88 bits per heavy atom. The van der Waals surface area contributed by atoms with Crippen molar-refractivity contribution in [2.24, 2.45) is 0 Å². The Balaban J connectivity index is 1.73. The van der Waals surface area contributed by atoms with Gasteiger partial charge in [0.15, 0.2) is 11.5 Å². The highest BCUT2D eigenvalue weighted by Crippen LogP contribution is 2.32. The van der Waals surface area contributed by atoms with E-state index in [9.17, 15) is 5.11 Å². The highest BCUT2D eigenvalue weighted by Gasteiger charge is 2.10. The van der Waals surface area contributed by atoms with Gasteiger partial charge >= 0.3 is 0 Å². The van der Waals surface area contributed by atoms with Gasteiger partial charge in [-0.2, -0.15) is 0 Å². The number of benzene rings is 2. The molecule has 124 valence electrons. The van der Waals surface area contributed by atoms with Crippen LogP contribution >= 0.6 is 0 Å². The van der Waals surface area contributed by atoms with Crippen LogP contribution in [0, 0.1) is 0 Å². The minimum Gasteiger partial charge on any atom is -0.504 e. The van der Waals surface area contributed by atoms with Crippen LogP contribution in [-0.2, 0) is 0 Å². The Kier molecular flexibility index (Phi) is 3.70. The third-order valence-corrected chi connectivity index (χ3v) is 3.95. The lowest BCUT2D eigenvalue weighted by Gasteiger charge is -2.08. The van der Waals surface area contributed by atoms with Gasteiger partial charge in [-0.15, -0.1) is 0 Å². The topological polar surface area (TPSA) is 83.1 Å². The summed E-state index contributed by atoms with van der Waals surface area (Å²) in [7, 11) is 1.51. The number of H-pyrrole nitrogens is 1. The Morgan fingerprint density at radius 3 is 2.64 bits per heavy atom. The van der Waals surface area contributed by atoms with E-state index in [2.05, 4.69) is 20.3 Å². The van der Waals surface area contributed by atoms with Gasteiger partial charge in [0.25, 0.3) is 0 Å². The van der Waals surface area contributed by atoms with E-state index in [1.54, 1.807) is 12.1 Å². The molecular formula is C19H16N4O2. The molecule has 0 saturated carbocycles. The van der Waals surface area contributed by atoms with Crippen LogP contribution in [-0.4, -0.2) is 27.2 Å². The quantitative estimate of drug-likeness (QED) is 0.524. The van der Waals surface area contributed by atoms with Crippen LogP contribution in [0.25, 0.3) is 22.3 Å². The Morgan fingerprint density at radius 1 is 1.04 bits per heavy atom. The number of hydrogen-bond acceptors (Lipinski definition) is 5. The van der Waals surface area contributed by atoms with Gasteiger partial charge in [0.05, 0.1) is 12.5 Å². The Bertz CT molecular complexity index is 1030. The van der Waals surface area contributed by atoms with Gasteiger partial charge in [-0.1, -0.05) is 30.3 Å². The number of aromatic amines is 1. The van der Waals surface area contributed by atoms with Gasteiger partial charge in [0.2, 0.25) is 0 Å². The Labute approximate surface area is 144 Å². The maximum absolute atomic E-state index is 9.93. The van der Waals surface area contributed by atoms with Crippen molar-refractivity contribution < 1.29 is 9.84 Å². The third-order valence-electron chi connectivity index (χ3n) is 3.95. The van der Waals surface area contributed by atoms with Gasteiger partial charge in [-0.25, -0.2) is 9.97 Å². The molecule has 3 N–H and O–H groups in total. The molecule has 0 saturated heterocycles. The molecule has 2 heterocycles. The molecule has 4 rings (SSSR count). The molecule has 25 heavy (non-hydrogen) atoms. The molecule has 0 amide bonds. The monoisotopic (exact) mass is 332 g/mol. The number of methoxy groups -OCH3 is 1. The number of phenolic OH excluding ortho intramolecular Hbond substituents is 1. The molecule has 0 bridgehead atoms. The lowest BCUT2D eigenvalue weighted by Crippen LogP contribution is -1.95. The summed E-state index contributed by atoms with van der Waals surface area (Å²) in [6, 6.07) is 17.2. The van der Waals surface area contributed by atoms with Crippen molar-refractivity contribution in [3.8, 4) is 22.8 Å². The zero-order chi connectivity index (χ0) is 17.2. The fourth-order valence-electron chi connectivity index (χ4n) is 2.72. The normalized spacial score (nSPS) is 10.8. The second kappa shape index (κ2) is 6.16. The summed E-state index contributed by atoms with van der Waals surface area (Å²) in [5, 5.41) is 14.0. The first-order valence-electron chi connectivity index (χ1n) is 7.78. The molecule has 6 nitrogen and oxygen atoms in total. The fourth-order valence-corrected chi connectivity index (χ4v) is 2.72. The average molecular weight is 332 g/mol. The van der Waals surface area contributed by atoms with Crippen molar-refractivity contribution in [1.82, 2.24) is 15.0 Å². The summed E-state index contributed by atoms with van der Waals surface area (Å²) < 4.78 is 5.06. The van der Waals surface area contributed by atoms with Crippen molar-refractivity contribution >= 4 is 22.5 Å². The first-order chi connectivity index (χ1) is 12.2. The largest absolute Gasteiger partial charge is 0.504 e. The van der Waals surface area contributed by atoms with Crippen LogP contribution in [0.15, 0.2) is 60.9 Å². The maximum Gasteiger partial charge on any atom is 0.160 e. The number of nitrogens with zero attached hydrogens (tertiary/aromatic N) is 2. The number of hydrogen-bond donors (Lipinski definition) is 3. The van der Waals surface area contributed by atoms with Crippen molar-refractivity contribution in [3.05, 3.63) is 60.9 Å². The molecule has 0 atom stereocenters. The smallest absolute Gasteiger partial charge is 0.160 e. The van der Waals surface area contributed by atoms with E-state index in [-0.39, 0.29) is 5.75 Å². The summed E-state index contributed by atoms with van der Waals surface area (Å²) in [5.74, 6) is 1.15. The lowest BCUT2D eigenvalue weighted by molar-refractivity contribution is 0.373. The standard InChI is InChI=1S/C19H16N4O2/c1-25-17-8-7-13(9-16(17)24)22-18-14-10-15(12-5-3-2-4-6-12)23-19(14)21-11-20-18/h2-11,24H,1H3,(H2,20,21,22,23). The molecule has 0 unspecified atom stereocenters. The molecule has 0 aliphatic heterocycles. The van der Waals surface area contributed by atoms with Gasteiger partial charge in [-0.05, 0) is 23.8 Å². The number of aromatic hydroxyl groups is 1. The Hall–Kier alpha value is -3.54. The predicted octanol–water partition coefficient (Wildman–Crippen LogP) is 4.08.